The quantitative estimate of drug-likeness (QED) is 0.283. The van der Waals surface area contributed by atoms with Gasteiger partial charge < -0.3 is 9.94 Å². The Kier molecular flexibility index (Phi) is 3.45. The van der Waals surface area contributed by atoms with Crippen LogP contribution in [0.4, 0.5) is 0 Å². The lowest BCUT2D eigenvalue weighted by molar-refractivity contribution is -0.126. The predicted molar refractivity (Wildman–Crippen MR) is 50.2 cm³/mol. The molecule has 1 aromatic carbocycles. The summed E-state index contributed by atoms with van der Waals surface area (Å²) in [6, 6.07) is 8.50. The van der Waals surface area contributed by atoms with E-state index in [0.29, 0.717) is 5.75 Å². The molecule has 0 amide bonds. The molecule has 0 saturated heterocycles. The van der Waals surface area contributed by atoms with E-state index >= 15 is 0 Å². The number of esters is 1. The van der Waals surface area contributed by atoms with Crippen LogP contribution >= 0.6 is 15.9 Å². The van der Waals surface area contributed by atoms with E-state index in [-0.39, 0.29) is 4.62 Å². The number of carbonyl (C=O) groups is 1. The number of ether oxygens (including phenoxy) is 1. The zero-order chi connectivity index (χ0) is 9.68. The minimum absolute atomic E-state index is 0.267. The van der Waals surface area contributed by atoms with Gasteiger partial charge in [0.25, 0.3) is 0 Å². The highest BCUT2D eigenvalue weighted by molar-refractivity contribution is 9.19. The van der Waals surface area contributed by atoms with E-state index in [1.165, 1.54) is 0 Å². The zero-order valence-electron chi connectivity index (χ0n) is 6.48. The van der Waals surface area contributed by atoms with E-state index in [4.69, 9.17) is 9.94 Å². The van der Waals surface area contributed by atoms with Crippen molar-refractivity contribution in [2.45, 2.75) is 0 Å². The molecule has 0 heterocycles. The highest BCUT2D eigenvalue weighted by atomic mass is 79.9. The Morgan fingerprint density at radius 1 is 1.38 bits per heavy atom. The van der Waals surface area contributed by atoms with Gasteiger partial charge >= 0.3 is 5.97 Å². The van der Waals surface area contributed by atoms with Gasteiger partial charge in [-0.1, -0.05) is 23.4 Å². The van der Waals surface area contributed by atoms with Crippen molar-refractivity contribution in [3.05, 3.63) is 30.3 Å². The highest BCUT2D eigenvalue weighted by Crippen LogP contribution is 2.09. The van der Waals surface area contributed by atoms with E-state index in [9.17, 15) is 4.79 Å². The first kappa shape index (κ1) is 9.73. The second-order valence-corrected chi connectivity index (χ2v) is 2.84. The van der Waals surface area contributed by atoms with Crippen molar-refractivity contribution in [3.8, 4) is 5.75 Å². The summed E-state index contributed by atoms with van der Waals surface area (Å²) < 4.78 is 4.52. The average Bonchev–Trinajstić information content (AvgIpc) is 2.18. The van der Waals surface area contributed by atoms with Crippen LogP contribution in [0.25, 0.3) is 0 Å². The standard InChI is InChI=1S/C8H6BrNO3/c9-7(10-12)8(11)13-6-4-2-1-3-5-6/h1-5,12H/b10-7+. The van der Waals surface area contributed by atoms with Crippen molar-refractivity contribution >= 4 is 26.5 Å². The van der Waals surface area contributed by atoms with Crippen molar-refractivity contribution < 1.29 is 14.7 Å². The molecule has 0 spiro atoms. The van der Waals surface area contributed by atoms with Gasteiger partial charge in [-0.2, -0.15) is 0 Å². The van der Waals surface area contributed by atoms with E-state index in [1.807, 2.05) is 0 Å². The summed E-state index contributed by atoms with van der Waals surface area (Å²) >= 11 is 2.73. The fraction of sp³-hybridized carbons (Fsp3) is 0. The van der Waals surface area contributed by atoms with Gasteiger partial charge in [-0.15, -0.1) is 0 Å². The molecule has 1 rings (SSSR count). The SMILES string of the molecule is O=C(Oc1ccccc1)/C(Br)=N\O. The largest absolute Gasteiger partial charge is 0.421 e. The Labute approximate surface area is 82.9 Å². The molecule has 4 nitrogen and oxygen atoms in total. The van der Waals surface area contributed by atoms with Crippen molar-refractivity contribution in [3.63, 3.8) is 0 Å². The number of para-hydroxylation sites is 1. The summed E-state index contributed by atoms with van der Waals surface area (Å²) in [5.41, 5.74) is 0. The zero-order valence-corrected chi connectivity index (χ0v) is 8.06. The normalized spacial score (nSPS) is 11.0. The molecule has 1 N–H and O–H groups in total. The Hall–Kier alpha value is -1.36. The van der Waals surface area contributed by atoms with E-state index < -0.39 is 5.97 Å². The fourth-order valence-electron chi connectivity index (χ4n) is 0.679. The van der Waals surface area contributed by atoms with Gasteiger partial charge in [-0.25, -0.2) is 4.79 Å². The van der Waals surface area contributed by atoms with Crippen LogP contribution in [0, 0.1) is 0 Å². The van der Waals surface area contributed by atoms with Crippen LogP contribution in [0.1, 0.15) is 0 Å². The number of hydrogen-bond donors (Lipinski definition) is 1. The molecule has 13 heavy (non-hydrogen) atoms. The van der Waals surface area contributed by atoms with Crippen molar-refractivity contribution in [1.82, 2.24) is 0 Å². The second-order valence-electron chi connectivity index (χ2n) is 2.09. The monoisotopic (exact) mass is 243 g/mol. The Morgan fingerprint density at radius 3 is 2.54 bits per heavy atom. The van der Waals surface area contributed by atoms with Gasteiger partial charge in [0.2, 0.25) is 4.62 Å². The van der Waals surface area contributed by atoms with Gasteiger partial charge in [0, 0.05) is 0 Å². The van der Waals surface area contributed by atoms with Crippen LogP contribution in [-0.2, 0) is 4.79 Å². The second kappa shape index (κ2) is 4.61. The molecule has 68 valence electrons. The van der Waals surface area contributed by atoms with E-state index in [0.717, 1.165) is 0 Å². The lowest BCUT2D eigenvalue weighted by atomic mass is 10.3. The predicted octanol–water partition coefficient (Wildman–Crippen LogP) is 1.77. The number of nitrogens with zero attached hydrogens (tertiary/aromatic N) is 1. The van der Waals surface area contributed by atoms with Gasteiger partial charge in [0.1, 0.15) is 5.75 Å². The fourth-order valence-corrected chi connectivity index (χ4v) is 0.759. The molecule has 0 aliphatic rings. The summed E-state index contributed by atoms with van der Waals surface area (Å²) in [6.07, 6.45) is 0. The maximum atomic E-state index is 11.0. The van der Waals surface area contributed by atoms with E-state index in [2.05, 4.69) is 21.1 Å². The summed E-state index contributed by atoms with van der Waals surface area (Å²) in [7, 11) is 0. The van der Waals surface area contributed by atoms with Gasteiger partial charge in [0.15, 0.2) is 0 Å². The lowest BCUT2D eigenvalue weighted by Crippen LogP contribution is -2.14. The van der Waals surface area contributed by atoms with Crippen LogP contribution in [0.15, 0.2) is 35.5 Å². The van der Waals surface area contributed by atoms with Crippen LogP contribution < -0.4 is 4.74 Å². The maximum Gasteiger partial charge on any atom is 0.373 e. The molecule has 5 heteroatoms. The van der Waals surface area contributed by atoms with Gasteiger partial charge in [-0.05, 0) is 28.1 Å². The minimum atomic E-state index is -0.742. The van der Waals surface area contributed by atoms with Gasteiger partial charge in [0.05, 0.1) is 0 Å². The third-order valence-corrected chi connectivity index (χ3v) is 1.69. The summed E-state index contributed by atoms with van der Waals surface area (Å²) in [5, 5.41) is 10.9. The minimum Gasteiger partial charge on any atom is -0.421 e. The molecule has 0 aliphatic heterocycles. The first-order valence-electron chi connectivity index (χ1n) is 3.39. The number of benzene rings is 1. The lowest BCUT2D eigenvalue weighted by Gasteiger charge is -2.00. The Morgan fingerprint density at radius 2 is 2.00 bits per heavy atom. The van der Waals surface area contributed by atoms with Crippen LogP contribution in [0.3, 0.4) is 0 Å². The maximum absolute atomic E-state index is 11.0. The number of carbonyl (C=O) groups excluding carboxylic acids is 1. The molecular weight excluding hydrogens is 238 g/mol. The summed E-state index contributed by atoms with van der Waals surface area (Å²) in [5.74, 6) is -0.346. The third-order valence-electron chi connectivity index (χ3n) is 1.21. The third kappa shape index (κ3) is 2.87. The molecule has 0 saturated carbocycles. The first-order chi connectivity index (χ1) is 6.24. The molecule has 0 fully saturated rings. The van der Waals surface area contributed by atoms with Crippen LogP contribution in [0.5, 0.6) is 5.75 Å². The molecule has 0 unspecified atom stereocenters. The molecule has 0 atom stereocenters. The Bertz CT molecular complexity index is 323. The highest BCUT2D eigenvalue weighted by Gasteiger charge is 2.10. The summed E-state index contributed by atoms with van der Waals surface area (Å²) in [6.45, 7) is 0. The number of rotatable bonds is 2. The topological polar surface area (TPSA) is 58.9 Å². The first-order valence-corrected chi connectivity index (χ1v) is 4.18. The molecule has 0 aromatic heterocycles. The van der Waals surface area contributed by atoms with Crippen LogP contribution in [0.2, 0.25) is 0 Å². The molecule has 0 radical (unpaired) electrons. The van der Waals surface area contributed by atoms with Crippen molar-refractivity contribution in [2.24, 2.45) is 5.16 Å². The molecular formula is C8H6BrNO3. The van der Waals surface area contributed by atoms with Gasteiger partial charge in [-0.3, -0.25) is 0 Å². The van der Waals surface area contributed by atoms with Crippen molar-refractivity contribution in [2.75, 3.05) is 0 Å². The average molecular weight is 244 g/mol. The number of oxime groups is 1. The smallest absolute Gasteiger partial charge is 0.373 e. The molecule has 1 aromatic rings. The number of halogens is 1. The summed E-state index contributed by atoms with van der Waals surface area (Å²) in [4.78, 5) is 11.0. The molecule has 0 bridgehead atoms. The molecule has 0 aliphatic carbocycles. The Balaban J connectivity index is 2.66. The van der Waals surface area contributed by atoms with Crippen molar-refractivity contribution in [1.29, 1.82) is 0 Å². The van der Waals surface area contributed by atoms with Crippen LogP contribution in [-0.4, -0.2) is 15.8 Å². The number of hydrogen-bond acceptors (Lipinski definition) is 4. The van der Waals surface area contributed by atoms with E-state index in [1.54, 1.807) is 30.3 Å².